The Morgan fingerprint density at radius 2 is 1.54 bits per heavy atom. The van der Waals surface area contributed by atoms with Crippen molar-refractivity contribution in [1.82, 2.24) is 5.32 Å². The molecule has 0 unspecified atom stereocenters. The Kier molecular flexibility index (Phi) is 6.43. The molecule has 0 bridgehead atoms. The van der Waals surface area contributed by atoms with Gasteiger partial charge >= 0.3 is 0 Å². The lowest BCUT2D eigenvalue weighted by Crippen LogP contribution is -2.40. The molecule has 0 fully saturated rings. The van der Waals surface area contributed by atoms with Gasteiger partial charge in [0.2, 0.25) is 0 Å². The van der Waals surface area contributed by atoms with Crippen molar-refractivity contribution in [3.05, 3.63) is 101 Å². The summed E-state index contributed by atoms with van der Waals surface area (Å²) in [6.45, 7) is 3.92. The highest BCUT2D eigenvalue weighted by molar-refractivity contribution is 5.82. The van der Waals surface area contributed by atoms with E-state index >= 15 is 0 Å². The minimum atomic E-state index is -0.665. The van der Waals surface area contributed by atoms with Crippen LogP contribution in [0, 0.1) is 12.7 Å². The fourth-order valence-electron chi connectivity index (χ4n) is 3.00. The van der Waals surface area contributed by atoms with Gasteiger partial charge in [0.1, 0.15) is 11.6 Å². The monoisotopic (exact) mass is 377 g/mol. The number of benzene rings is 3. The summed E-state index contributed by atoms with van der Waals surface area (Å²) >= 11 is 0. The summed E-state index contributed by atoms with van der Waals surface area (Å²) in [5.74, 6) is -0.0791. The first-order valence-electron chi connectivity index (χ1n) is 9.41. The fraction of sp³-hybridized carbons (Fsp3) is 0.208. The third-order valence-electron chi connectivity index (χ3n) is 4.59. The smallest absolute Gasteiger partial charge is 0.261 e. The summed E-state index contributed by atoms with van der Waals surface area (Å²) in [4.78, 5) is 13.0. The molecule has 0 heterocycles. The number of halogens is 1. The van der Waals surface area contributed by atoms with Gasteiger partial charge in [0.15, 0.2) is 6.10 Å². The minimum absolute atomic E-state index is 0.207. The molecule has 1 N–H and O–H groups in total. The normalized spacial score (nSPS) is 12.8. The molecule has 1 amide bonds. The highest BCUT2D eigenvalue weighted by Gasteiger charge is 2.23. The molecule has 3 aromatic carbocycles. The summed E-state index contributed by atoms with van der Waals surface area (Å²) in [5, 5.41) is 3.11. The molecular formula is C24H24FNO2. The number of carbonyl (C=O) groups excluding carboxylic acids is 1. The molecule has 0 aliphatic carbocycles. The SMILES string of the molecule is CC[C@H](Oc1ccc(F)cc1)C(=O)N[C@@H](c1ccccc1)c1ccc(C)cc1. The molecule has 3 aromatic rings. The Morgan fingerprint density at radius 1 is 0.929 bits per heavy atom. The van der Waals surface area contributed by atoms with E-state index in [-0.39, 0.29) is 17.8 Å². The van der Waals surface area contributed by atoms with Gasteiger partial charge in [-0.25, -0.2) is 4.39 Å². The van der Waals surface area contributed by atoms with Gasteiger partial charge in [-0.2, -0.15) is 0 Å². The maximum absolute atomic E-state index is 13.1. The van der Waals surface area contributed by atoms with Crippen LogP contribution in [-0.4, -0.2) is 12.0 Å². The number of nitrogens with one attached hydrogen (secondary N) is 1. The number of amides is 1. The lowest BCUT2D eigenvalue weighted by Gasteiger charge is -2.24. The van der Waals surface area contributed by atoms with E-state index in [2.05, 4.69) is 5.32 Å². The molecule has 0 aliphatic rings. The molecule has 0 spiro atoms. The Morgan fingerprint density at radius 3 is 2.14 bits per heavy atom. The number of hydrogen-bond acceptors (Lipinski definition) is 2. The van der Waals surface area contributed by atoms with Gasteiger partial charge in [0, 0.05) is 0 Å². The second-order valence-corrected chi connectivity index (χ2v) is 6.73. The maximum Gasteiger partial charge on any atom is 0.261 e. The number of hydrogen-bond donors (Lipinski definition) is 1. The van der Waals surface area contributed by atoms with Crippen LogP contribution in [0.3, 0.4) is 0 Å². The van der Waals surface area contributed by atoms with Crippen molar-refractivity contribution in [3.8, 4) is 5.75 Å². The Bertz CT molecular complexity index is 892. The summed E-state index contributed by atoms with van der Waals surface area (Å²) in [5.41, 5.74) is 3.16. The molecule has 3 rings (SSSR count). The topological polar surface area (TPSA) is 38.3 Å². The van der Waals surface area contributed by atoms with Gasteiger partial charge in [0.05, 0.1) is 6.04 Å². The molecule has 2 atom stereocenters. The van der Waals surface area contributed by atoms with E-state index in [0.29, 0.717) is 12.2 Å². The first kappa shape index (κ1) is 19.6. The van der Waals surface area contributed by atoms with Crippen molar-refractivity contribution in [2.24, 2.45) is 0 Å². The van der Waals surface area contributed by atoms with Crippen molar-refractivity contribution >= 4 is 5.91 Å². The molecule has 144 valence electrons. The van der Waals surface area contributed by atoms with E-state index in [0.717, 1.165) is 16.7 Å². The van der Waals surface area contributed by atoms with Gasteiger partial charge in [-0.3, -0.25) is 4.79 Å². The van der Waals surface area contributed by atoms with Crippen LogP contribution in [0.5, 0.6) is 5.75 Å². The summed E-state index contributed by atoms with van der Waals surface area (Å²) in [6, 6.07) is 23.4. The quantitative estimate of drug-likeness (QED) is 0.615. The van der Waals surface area contributed by atoms with E-state index in [1.54, 1.807) is 0 Å². The lowest BCUT2D eigenvalue weighted by molar-refractivity contribution is -0.128. The van der Waals surface area contributed by atoms with Crippen molar-refractivity contribution in [1.29, 1.82) is 0 Å². The fourth-order valence-corrected chi connectivity index (χ4v) is 3.00. The molecular weight excluding hydrogens is 353 g/mol. The van der Waals surface area contributed by atoms with Gasteiger partial charge in [-0.15, -0.1) is 0 Å². The predicted octanol–water partition coefficient (Wildman–Crippen LogP) is 5.20. The third-order valence-corrected chi connectivity index (χ3v) is 4.59. The Labute approximate surface area is 165 Å². The number of ether oxygens (including phenoxy) is 1. The van der Waals surface area contributed by atoms with E-state index in [1.807, 2.05) is 68.4 Å². The number of aryl methyl sites for hydroxylation is 1. The highest BCUT2D eigenvalue weighted by Crippen LogP contribution is 2.23. The van der Waals surface area contributed by atoms with Crippen molar-refractivity contribution in [2.75, 3.05) is 0 Å². The molecule has 0 aromatic heterocycles. The average Bonchev–Trinajstić information content (AvgIpc) is 2.73. The minimum Gasteiger partial charge on any atom is -0.481 e. The van der Waals surface area contributed by atoms with E-state index < -0.39 is 6.10 Å². The predicted molar refractivity (Wildman–Crippen MR) is 109 cm³/mol. The molecule has 4 heteroatoms. The summed E-state index contributed by atoms with van der Waals surface area (Å²) in [6.07, 6.45) is -0.166. The van der Waals surface area contributed by atoms with Gasteiger partial charge in [-0.1, -0.05) is 67.1 Å². The zero-order valence-electron chi connectivity index (χ0n) is 16.1. The van der Waals surface area contributed by atoms with E-state index in [1.165, 1.54) is 24.3 Å². The standard InChI is InChI=1S/C24H24FNO2/c1-3-22(28-21-15-13-20(25)14-16-21)24(27)26-23(18-7-5-4-6-8-18)19-11-9-17(2)10-12-19/h4-16,22-23H,3H2,1-2H3,(H,26,27)/t22-,23-/m0/s1. The zero-order chi connectivity index (χ0) is 19.9. The van der Waals surface area contributed by atoms with Crippen LogP contribution in [0.15, 0.2) is 78.9 Å². The lowest BCUT2D eigenvalue weighted by atomic mass is 9.97. The molecule has 0 saturated heterocycles. The number of rotatable bonds is 7. The van der Waals surface area contributed by atoms with Crippen molar-refractivity contribution < 1.29 is 13.9 Å². The maximum atomic E-state index is 13.1. The zero-order valence-corrected chi connectivity index (χ0v) is 16.1. The van der Waals surface area contributed by atoms with Crippen LogP contribution < -0.4 is 10.1 Å². The summed E-state index contributed by atoms with van der Waals surface area (Å²) in [7, 11) is 0. The second kappa shape index (κ2) is 9.18. The second-order valence-electron chi connectivity index (χ2n) is 6.73. The highest BCUT2D eigenvalue weighted by atomic mass is 19.1. The largest absolute Gasteiger partial charge is 0.481 e. The number of carbonyl (C=O) groups is 1. The molecule has 0 saturated carbocycles. The van der Waals surface area contributed by atoms with Gasteiger partial charge < -0.3 is 10.1 Å². The Hall–Kier alpha value is -3.14. The first-order valence-corrected chi connectivity index (χ1v) is 9.41. The third kappa shape index (κ3) is 4.97. The summed E-state index contributed by atoms with van der Waals surface area (Å²) < 4.78 is 18.9. The van der Waals surface area contributed by atoms with Crippen LogP contribution in [0.2, 0.25) is 0 Å². The van der Waals surface area contributed by atoms with Gasteiger partial charge in [0.25, 0.3) is 5.91 Å². The average molecular weight is 377 g/mol. The molecule has 0 radical (unpaired) electrons. The molecule has 3 nitrogen and oxygen atoms in total. The van der Waals surface area contributed by atoms with Crippen molar-refractivity contribution in [3.63, 3.8) is 0 Å². The van der Waals surface area contributed by atoms with Crippen LogP contribution >= 0.6 is 0 Å². The molecule has 0 aliphatic heterocycles. The van der Waals surface area contributed by atoms with Crippen LogP contribution in [0.25, 0.3) is 0 Å². The van der Waals surface area contributed by atoms with Crippen LogP contribution in [0.4, 0.5) is 4.39 Å². The van der Waals surface area contributed by atoms with Crippen LogP contribution in [0.1, 0.15) is 36.1 Å². The van der Waals surface area contributed by atoms with Gasteiger partial charge in [-0.05, 0) is 48.7 Å². The van der Waals surface area contributed by atoms with E-state index in [4.69, 9.17) is 4.74 Å². The first-order chi connectivity index (χ1) is 13.6. The Balaban J connectivity index is 1.81. The van der Waals surface area contributed by atoms with Crippen LogP contribution in [-0.2, 0) is 4.79 Å². The molecule has 28 heavy (non-hydrogen) atoms. The van der Waals surface area contributed by atoms with Crippen molar-refractivity contribution in [2.45, 2.75) is 32.4 Å². The van der Waals surface area contributed by atoms with E-state index in [9.17, 15) is 9.18 Å².